The number of carbonyl (C=O) groups excluding carboxylic acids is 2. The molecule has 0 fully saturated rings. The Morgan fingerprint density at radius 1 is 0.762 bits per heavy atom. The summed E-state index contributed by atoms with van der Waals surface area (Å²) in [6.07, 6.45) is 14.0. The number of hydrogen-bond donors (Lipinski definition) is 0. The Hall–Kier alpha value is -1.07. The van der Waals surface area contributed by atoms with Gasteiger partial charge in [0.05, 0.1) is 11.9 Å². The molecule has 0 aliphatic heterocycles. The minimum atomic E-state index is -1.10. The van der Waals surface area contributed by atoms with Gasteiger partial charge in [0.2, 0.25) is 0 Å². The normalized spacial score (nSPS) is 10.0. The van der Waals surface area contributed by atoms with E-state index in [2.05, 4.69) is 13.8 Å². The number of carbonyl (C=O) groups is 2. The van der Waals surface area contributed by atoms with E-state index in [4.69, 9.17) is 0 Å². The van der Waals surface area contributed by atoms with Gasteiger partial charge >= 0.3 is 16.8 Å². The van der Waals surface area contributed by atoms with Crippen molar-refractivity contribution in [1.82, 2.24) is 0 Å². The number of rotatable bonds is 10. The van der Waals surface area contributed by atoms with Crippen LogP contribution in [-0.4, -0.2) is 11.9 Å². The molecule has 0 heterocycles. The summed E-state index contributed by atoms with van der Waals surface area (Å²) in [5.41, 5.74) is 0. The second-order valence-corrected chi connectivity index (χ2v) is 4.43. The molecule has 0 aromatic rings. The van der Waals surface area contributed by atoms with Crippen LogP contribution in [0.25, 0.3) is 0 Å². The minimum Gasteiger partial charge on any atom is -0.545 e. The Morgan fingerprint density at radius 2 is 1.10 bits per heavy atom. The summed E-state index contributed by atoms with van der Waals surface area (Å²) in [6, 6.07) is 0. The fourth-order valence-corrected chi connectivity index (χ4v) is 1.38. The van der Waals surface area contributed by atoms with Gasteiger partial charge in [0, 0.05) is 0 Å². The van der Waals surface area contributed by atoms with Crippen molar-refractivity contribution in [2.45, 2.75) is 65.2 Å². The molecule has 0 N–H and O–H groups in total. The molecule has 0 amide bonds. The molecule has 123 valence electrons. The van der Waals surface area contributed by atoms with Crippen LogP contribution < -0.4 is 10.2 Å². The van der Waals surface area contributed by atoms with E-state index < -0.39 is 11.9 Å². The molecule has 0 aromatic carbocycles. The number of hydrogen-bond acceptors (Lipinski definition) is 4. The van der Waals surface area contributed by atoms with E-state index >= 15 is 0 Å². The number of carboxylic acid groups (broad SMARTS) is 2. The van der Waals surface area contributed by atoms with Crippen molar-refractivity contribution in [3.63, 3.8) is 0 Å². The van der Waals surface area contributed by atoms with Gasteiger partial charge in [-0.25, -0.2) is 0 Å². The molecule has 5 heteroatoms. The standard InChI is InChI=1S/2C8H14O2.Co/c2*1-2-3-4-5-6-7-8(9)10;/h2*6-7H,2-5H2,1H3,(H,9,10);/q;;+2/p-2. The van der Waals surface area contributed by atoms with Gasteiger partial charge in [0.1, 0.15) is 0 Å². The van der Waals surface area contributed by atoms with Crippen LogP contribution in [0.3, 0.4) is 0 Å². The molecule has 0 spiro atoms. The van der Waals surface area contributed by atoms with Crippen LogP contribution >= 0.6 is 0 Å². The zero-order valence-electron chi connectivity index (χ0n) is 12.9. The molecule has 0 saturated heterocycles. The Labute approximate surface area is 138 Å². The first kappa shape index (κ1) is 24.9. The van der Waals surface area contributed by atoms with E-state index in [9.17, 15) is 19.8 Å². The first-order valence-corrected chi connectivity index (χ1v) is 7.29. The van der Waals surface area contributed by atoms with Crippen molar-refractivity contribution in [2.24, 2.45) is 0 Å². The third-order valence-electron chi connectivity index (χ3n) is 2.46. The molecule has 0 aliphatic rings. The van der Waals surface area contributed by atoms with Crippen molar-refractivity contribution < 1.29 is 36.6 Å². The quantitative estimate of drug-likeness (QED) is 0.448. The Balaban J connectivity index is -0.000000295. The summed E-state index contributed by atoms with van der Waals surface area (Å²) in [7, 11) is 0. The number of aliphatic carboxylic acids is 2. The first-order valence-electron chi connectivity index (χ1n) is 7.29. The van der Waals surface area contributed by atoms with Gasteiger partial charge < -0.3 is 19.8 Å². The van der Waals surface area contributed by atoms with E-state index in [1.54, 1.807) is 12.2 Å². The Morgan fingerprint density at radius 3 is 1.33 bits per heavy atom. The topological polar surface area (TPSA) is 80.3 Å². The molecule has 0 saturated carbocycles. The summed E-state index contributed by atoms with van der Waals surface area (Å²) >= 11 is 0. The van der Waals surface area contributed by atoms with Gasteiger partial charge in [-0.1, -0.05) is 51.7 Å². The fourth-order valence-electron chi connectivity index (χ4n) is 1.38. The Bertz CT molecular complexity index is 269. The van der Waals surface area contributed by atoms with Crippen molar-refractivity contribution >= 4 is 11.9 Å². The van der Waals surface area contributed by atoms with Gasteiger partial charge in [0.25, 0.3) is 0 Å². The maximum atomic E-state index is 9.83. The first-order chi connectivity index (χ1) is 9.54. The maximum Gasteiger partial charge on any atom is 2.00 e. The molecule has 0 unspecified atom stereocenters. The Kier molecular flexibility index (Phi) is 25.2. The summed E-state index contributed by atoms with van der Waals surface area (Å²) < 4.78 is 0. The molecular weight excluding hydrogens is 315 g/mol. The average Bonchev–Trinajstić information content (AvgIpc) is 2.38. The van der Waals surface area contributed by atoms with E-state index in [0.29, 0.717) is 0 Å². The SMILES string of the molecule is CCCCCC=CC(=O)[O-].CCCCCC=CC(=O)[O-].[Co+2]. The maximum absolute atomic E-state index is 9.83. The third kappa shape index (κ3) is 32.5. The molecule has 0 rings (SSSR count). The van der Waals surface area contributed by atoms with Crippen molar-refractivity contribution in [1.29, 1.82) is 0 Å². The van der Waals surface area contributed by atoms with Crippen molar-refractivity contribution in [3.8, 4) is 0 Å². The van der Waals surface area contributed by atoms with Crippen LogP contribution in [0.15, 0.2) is 24.3 Å². The summed E-state index contributed by atoms with van der Waals surface area (Å²) in [5.74, 6) is -2.20. The zero-order chi connectivity index (χ0) is 15.6. The van der Waals surface area contributed by atoms with Crippen LogP contribution in [-0.2, 0) is 26.4 Å². The van der Waals surface area contributed by atoms with E-state index in [0.717, 1.165) is 50.7 Å². The molecule has 1 radical (unpaired) electrons. The van der Waals surface area contributed by atoms with E-state index in [1.165, 1.54) is 12.8 Å². The van der Waals surface area contributed by atoms with Gasteiger partial charge in [-0.2, -0.15) is 0 Å². The predicted octanol–water partition coefficient (Wildman–Crippen LogP) is 1.74. The summed E-state index contributed by atoms with van der Waals surface area (Å²) in [6.45, 7) is 4.23. The fraction of sp³-hybridized carbons (Fsp3) is 0.625. The number of allylic oxidation sites excluding steroid dienone is 2. The molecular formula is C16H26CoO4. The van der Waals surface area contributed by atoms with Crippen molar-refractivity contribution in [2.75, 3.05) is 0 Å². The molecule has 0 atom stereocenters. The molecule has 0 aromatic heterocycles. The van der Waals surface area contributed by atoms with Gasteiger partial charge in [-0.15, -0.1) is 0 Å². The van der Waals surface area contributed by atoms with Crippen LogP contribution in [0.4, 0.5) is 0 Å². The average molecular weight is 341 g/mol. The van der Waals surface area contributed by atoms with Crippen LogP contribution in [0.1, 0.15) is 65.2 Å². The minimum absolute atomic E-state index is 0. The van der Waals surface area contributed by atoms with Gasteiger partial charge in [-0.05, 0) is 37.8 Å². The van der Waals surface area contributed by atoms with Crippen molar-refractivity contribution in [3.05, 3.63) is 24.3 Å². The number of unbranched alkanes of at least 4 members (excludes halogenated alkanes) is 6. The van der Waals surface area contributed by atoms with Crippen LogP contribution in [0.5, 0.6) is 0 Å². The monoisotopic (exact) mass is 341 g/mol. The van der Waals surface area contributed by atoms with Gasteiger partial charge in [0.15, 0.2) is 0 Å². The van der Waals surface area contributed by atoms with Gasteiger partial charge in [-0.3, -0.25) is 0 Å². The third-order valence-corrected chi connectivity index (χ3v) is 2.46. The molecule has 0 aliphatic carbocycles. The second kappa shape index (κ2) is 21.2. The number of carboxylic acids is 2. The second-order valence-electron chi connectivity index (χ2n) is 4.43. The van der Waals surface area contributed by atoms with Crippen LogP contribution in [0, 0.1) is 0 Å². The molecule has 4 nitrogen and oxygen atoms in total. The smallest absolute Gasteiger partial charge is 0.545 e. The zero-order valence-corrected chi connectivity index (χ0v) is 14.0. The molecule has 0 bridgehead atoms. The van der Waals surface area contributed by atoms with E-state index in [1.807, 2.05) is 0 Å². The predicted molar refractivity (Wildman–Crippen MR) is 76.6 cm³/mol. The van der Waals surface area contributed by atoms with E-state index in [-0.39, 0.29) is 16.8 Å². The van der Waals surface area contributed by atoms with Crippen LogP contribution in [0.2, 0.25) is 0 Å². The summed E-state index contributed by atoms with van der Waals surface area (Å²) in [4.78, 5) is 19.7. The summed E-state index contributed by atoms with van der Waals surface area (Å²) in [5, 5.41) is 19.7. The largest absolute Gasteiger partial charge is 2.00 e. The molecule has 21 heavy (non-hydrogen) atoms.